The van der Waals surface area contributed by atoms with Crippen LogP contribution in [0.1, 0.15) is 25.3 Å². The quantitative estimate of drug-likeness (QED) is 0.788. The van der Waals surface area contributed by atoms with Gasteiger partial charge in [0.2, 0.25) is 5.43 Å². The standard InChI is InChI=1S/C12H12ClNO/c1-7(2)8-4-3-5-9-11(8)14-6-10(13)12(9)15/h3-7H,1-2H3,(H,14,15). The van der Waals surface area contributed by atoms with Crippen molar-refractivity contribution in [3.8, 4) is 0 Å². The number of fused-ring (bicyclic) bond motifs is 1. The molecule has 0 spiro atoms. The molecule has 0 fully saturated rings. The maximum absolute atomic E-state index is 11.8. The Balaban J connectivity index is 2.90. The molecule has 2 aromatic rings. The van der Waals surface area contributed by atoms with E-state index in [4.69, 9.17) is 11.6 Å². The zero-order valence-corrected chi connectivity index (χ0v) is 9.43. The lowest BCUT2D eigenvalue weighted by atomic mass is 10.00. The first-order chi connectivity index (χ1) is 7.11. The van der Waals surface area contributed by atoms with Gasteiger partial charge in [-0.1, -0.05) is 37.6 Å². The van der Waals surface area contributed by atoms with E-state index < -0.39 is 0 Å². The summed E-state index contributed by atoms with van der Waals surface area (Å²) < 4.78 is 0. The van der Waals surface area contributed by atoms with Crippen molar-refractivity contribution in [3.05, 3.63) is 45.2 Å². The van der Waals surface area contributed by atoms with Crippen LogP contribution in [0.15, 0.2) is 29.2 Å². The van der Waals surface area contributed by atoms with E-state index >= 15 is 0 Å². The molecule has 0 radical (unpaired) electrons. The predicted octanol–water partition coefficient (Wildman–Crippen LogP) is 3.30. The SMILES string of the molecule is CC(C)c1cccc2c(=O)c(Cl)c[nH]c12. The predicted molar refractivity (Wildman–Crippen MR) is 63.7 cm³/mol. The Bertz CT molecular complexity index is 557. The first-order valence-corrected chi connectivity index (χ1v) is 5.29. The number of hydrogen-bond acceptors (Lipinski definition) is 1. The monoisotopic (exact) mass is 221 g/mol. The zero-order valence-electron chi connectivity index (χ0n) is 8.67. The van der Waals surface area contributed by atoms with E-state index in [1.54, 1.807) is 12.3 Å². The van der Waals surface area contributed by atoms with Crippen LogP contribution in [0.2, 0.25) is 5.02 Å². The van der Waals surface area contributed by atoms with E-state index in [1.807, 2.05) is 12.1 Å². The van der Waals surface area contributed by atoms with E-state index in [0.717, 1.165) is 11.1 Å². The highest BCUT2D eigenvalue weighted by Crippen LogP contribution is 2.22. The molecule has 2 nitrogen and oxygen atoms in total. The number of rotatable bonds is 1. The second kappa shape index (κ2) is 3.70. The summed E-state index contributed by atoms with van der Waals surface area (Å²) in [5, 5.41) is 0.900. The lowest BCUT2D eigenvalue weighted by Gasteiger charge is -2.09. The number of aromatic amines is 1. The summed E-state index contributed by atoms with van der Waals surface area (Å²) in [6.07, 6.45) is 1.55. The van der Waals surface area contributed by atoms with Crippen molar-refractivity contribution >= 4 is 22.5 Å². The first kappa shape index (κ1) is 10.2. The molecule has 78 valence electrons. The van der Waals surface area contributed by atoms with Gasteiger partial charge in [0, 0.05) is 11.6 Å². The molecule has 0 aliphatic heterocycles. The molecule has 0 bridgehead atoms. The topological polar surface area (TPSA) is 32.9 Å². The van der Waals surface area contributed by atoms with Crippen molar-refractivity contribution in [3.63, 3.8) is 0 Å². The molecule has 3 heteroatoms. The van der Waals surface area contributed by atoms with Crippen LogP contribution < -0.4 is 5.43 Å². The third kappa shape index (κ3) is 1.65. The third-order valence-electron chi connectivity index (χ3n) is 2.52. The highest BCUT2D eigenvalue weighted by molar-refractivity contribution is 6.31. The molecular weight excluding hydrogens is 210 g/mol. The maximum atomic E-state index is 11.8. The van der Waals surface area contributed by atoms with Crippen molar-refractivity contribution < 1.29 is 0 Å². The van der Waals surface area contributed by atoms with Gasteiger partial charge >= 0.3 is 0 Å². The van der Waals surface area contributed by atoms with Gasteiger partial charge in [-0.2, -0.15) is 0 Å². The van der Waals surface area contributed by atoms with E-state index in [2.05, 4.69) is 18.8 Å². The fraction of sp³-hybridized carbons (Fsp3) is 0.250. The van der Waals surface area contributed by atoms with Gasteiger partial charge < -0.3 is 4.98 Å². The van der Waals surface area contributed by atoms with Crippen LogP contribution in [0.4, 0.5) is 0 Å². The van der Waals surface area contributed by atoms with Crippen molar-refractivity contribution in [1.29, 1.82) is 0 Å². The molecule has 1 aromatic heterocycles. The minimum Gasteiger partial charge on any atom is -0.359 e. The summed E-state index contributed by atoms with van der Waals surface area (Å²) in [5.74, 6) is 0.380. The van der Waals surface area contributed by atoms with Crippen LogP contribution in [-0.4, -0.2) is 4.98 Å². The molecule has 1 N–H and O–H groups in total. The summed E-state index contributed by atoms with van der Waals surface area (Å²) in [4.78, 5) is 14.8. The molecular formula is C12H12ClNO. The summed E-state index contributed by atoms with van der Waals surface area (Å²) in [7, 11) is 0. The highest BCUT2D eigenvalue weighted by atomic mass is 35.5. The van der Waals surface area contributed by atoms with Crippen LogP contribution in [0, 0.1) is 0 Å². The summed E-state index contributed by atoms with van der Waals surface area (Å²) in [6, 6.07) is 5.71. The summed E-state index contributed by atoms with van der Waals surface area (Å²) in [6.45, 7) is 4.20. The van der Waals surface area contributed by atoms with Gasteiger partial charge in [0.05, 0.1) is 5.52 Å². The van der Waals surface area contributed by atoms with Crippen LogP contribution in [0.3, 0.4) is 0 Å². The number of pyridine rings is 1. The maximum Gasteiger partial charge on any atom is 0.207 e. The molecule has 15 heavy (non-hydrogen) atoms. The molecule has 0 unspecified atom stereocenters. The zero-order chi connectivity index (χ0) is 11.0. The number of para-hydroxylation sites is 1. The minimum absolute atomic E-state index is 0.104. The van der Waals surface area contributed by atoms with Gasteiger partial charge in [-0.15, -0.1) is 0 Å². The first-order valence-electron chi connectivity index (χ1n) is 4.91. The Labute approximate surface area is 92.9 Å². The molecule has 0 amide bonds. The van der Waals surface area contributed by atoms with E-state index in [1.165, 1.54) is 0 Å². The number of H-pyrrole nitrogens is 1. The Kier molecular flexibility index (Phi) is 2.53. The van der Waals surface area contributed by atoms with Crippen molar-refractivity contribution in [2.45, 2.75) is 19.8 Å². The second-order valence-corrected chi connectivity index (χ2v) is 4.30. The van der Waals surface area contributed by atoms with Gasteiger partial charge in [-0.05, 0) is 17.5 Å². The number of halogens is 1. The van der Waals surface area contributed by atoms with Gasteiger partial charge in [0.15, 0.2) is 0 Å². The molecule has 0 aliphatic carbocycles. The number of nitrogens with one attached hydrogen (secondary N) is 1. The van der Waals surface area contributed by atoms with Crippen LogP contribution in [0.25, 0.3) is 10.9 Å². The highest BCUT2D eigenvalue weighted by Gasteiger charge is 2.08. The third-order valence-corrected chi connectivity index (χ3v) is 2.80. The molecule has 0 saturated heterocycles. The minimum atomic E-state index is -0.104. The average Bonchev–Trinajstić information content (AvgIpc) is 2.23. The van der Waals surface area contributed by atoms with Crippen LogP contribution >= 0.6 is 11.6 Å². The largest absolute Gasteiger partial charge is 0.359 e. The van der Waals surface area contributed by atoms with Crippen LogP contribution in [0.5, 0.6) is 0 Å². The average molecular weight is 222 g/mol. The molecule has 2 rings (SSSR count). The molecule has 0 atom stereocenters. The Morgan fingerprint density at radius 1 is 1.33 bits per heavy atom. The summed E-state index contributed by atoms with van der Waals surface area (Å²) in [5.41, 5.74) is 1.93. The number of aromatic nitrogens is 1. The molecule has 1 heterocycles. The second-order valence-electron chi connectivity index (χ2n) is 3.89. The number of benzene rings is 1. The Hall–Kier alpha value is -1.28. The van der Waals surface area contributed by atoms with Gasteiger partial charge in [0.1, 0.15) is 5.02 Å². The lowest BCUT2D eigenvalue weighted by Crippen LogP contribution is -2.05. The summed E-state index contributed by atoms with van der Waals surface area (Å²) >= 11 is 5.78. The van der Waals surface area contributed by atoms with E-state index in [9.17, 15) is 4.79 Å². The molecule has 1 aromatic carbocycles. The van der Waals surface area contributed by atoms with Crippen molar-refractivity contribution in [2.24, 2.45) is 0 Å². The van der Waals surface area contributed by atoms with E-state index in [-0.39, 0.29) is 10.5 Å². The Morgan fingerprint density at radius 2 is 2.07 bits per heavy atom. The molecule has 0 aliphatic rings. The van der Waals surface area contributed by atoms with Crippen molar-refractivity contribution in [2.75, 3.05) is 0 Å². The van der Waals surface area contributed by atoms with Gasteiger partial charge in [0.25, 0.3) is 0 Å². The number of hydrogen-bond donors (Lipinski definition) is 1. The fourth-order valence-corrected chi connectivity index (χ4v) is 1.89. The Morgan fingerprint density at radius 3 is 2.73 bits per heavy atom. The molecule has 0 saturated carbocycles. The lowest BCUT2D eigenvalue weighted by molar-refractivity contribution is 0.872. The van der Waals surface area contributed by atoms with Gasteiger partial charge in [-0.3, -0.25) is 4.79 Å². The smallest absolute Gasteiger partial charge is 0.207 e. The van der Waals surface area contributed by atoms with Crippen LogP contribution in [-0.2, 0) is 0 Å². The van der Waals surface area contributed by atoms with Crippen molar-refractivity contribution in [1.82, 2.24) is 4.98 Å². The van der Waals surface area contributed by atoms with E-state index in [0.29, 0.717) is 11.3 Å². The normalized spacial score (nSPS) is 11.2. The van der Waals surface area contributed by atoms with Gasteiger partial charge in [-0.25, -0.2) is 0 Å². The fourth-order valence-electron chi connectivity index (χ4n) is 1.73.